The van der Waals surface area contributed by atoms with Crippen molar-refractivity contribution in [3.63, 3.8) is 0 Å². The Morgan fingerprint density at radius 3 is 2.79 bits per heavy atom. The first-order valence-electron chi connectivity index (χ1n) is 7.91. The van der Waals surface area contributed by atoms with Crippen LogP contribution in [0, 0.1) is 6.92 Å². The van der Waals surface area contributed by atoms with E-state index in [1.165, 1.54) is 11.8 Å². The Morgan fingerprint density at radius 1 is 1.29 bits per heavy atom. The van der Waals surface area contributed by atoms with Gasteiger partial charge >= 0.3 is 0 Å². The molecule has 0 radical (unpaired) electrons. The monoisotopic (exact) mass is 344 g/mol. The highest BCUT2D eigenvalue weighted by molar-refractivity contribution is 7.98. The van der Waals surface area contributed by atoms with E-state index >= 15 is 0 Å². The van der Waals surface area contributed by atoms with Gasteiger partial charge < -0.3 is 4.42 Å². The second kappa shape index (κ2) is 7.12. The van der Waals surface area contributed by atoms with Crippen LogP contribution in [-0.4, -0.2) is 29.9 Å². The molecule has 0 amide bonds. The molecule has 0 N–H and O–H groups in total. The molecule has 0 unspecified atom stereocenters. The van der Waals surface area contributed by atoms with E-state index in [0.717, 1.165) is 29.5 Å². The number of nitrogens with zero attached hydrogens (tertiary/aromatic N) is 6. The van der Waals surface area contributed by atoms with Gasteiger partial charge in [0.25, 0.3) is 5.22 Å². The van der Waals surface area contributed by atoms with Gasteiger partial charge in [0.15, 0.2) is 5.82 Å². The summed E-state index contributed by atoms with van der Waals surface area (Å²) in [5, 5.41) is 13.2. The maximum atomic E-state index is 5.55. The molecule has 7 nitrogen and oxygen atoms in total. The lowest BCUT2D eigenvalue weighted by atomic mass is 10.2. The van der Waals surface area contributed by atoms with Crippen molar-refractivity contribution in [3.8, 4) is 5.69 Å². The van der Waals surface area contributed by atoms with Crippen LogP contribution in [-0.2, 0) is 12.2 Å². The van der Waals surface area contributed by atoms with Gasteiger partial charge in [0.05, 0.1) is 11.4 Å². The summed E-state index contributed by atoms with van der Waals surface area (Å²) in [5.41, 5.74) is 1.90. The van der Waals surface area contributed by atoms with Crippen molar-refractivity contribution in [1.82, 2.24) is 29.9 Å². The maximum Gasteiger partial charge on any atom is 0.277 e. The molecule has 0 bridgehead atoms. The van der Waals surface area contributed by atoms with E-state index < -0.39 is 0 Å². The standard InChI is InChI=1S/C16H20N6OS/c1-5-14-19-20-16(23-14)24-9-13-18-15(10(2)3)21-22(13)12-6-7-17-11(4)8-12/h6-8,10H,5,9H2,1-4H3. The molecule has 0 aliphatic heterocycles. The summed E-state index contributed by atoms with van der Waals surface area (Å²) in [6.07, 6.45) is 2.52. The number of hydrogen-bond donors (Lipinski definition) is 0. The predicted octanol–water partition coefficient (Wildman–Crippen LogP) is 3.33. The molecule has 0 aliphatic carbocycles. The molecular weight excluding hydrogens is 324 g/mol. The van der Waals surface area contributed by atoms with Crippen LogP contribution in [0.1, 0.15) is 49.9 Å². The van der Waals surface area contributed by atoms with Crippen molar-refractivity contribution in [1.29, 1.82) is 0 Å². The first-order chi connectivity index (χ1) is 11.6. The molecule has 126 valence electrons. The van der Waals surface area contributed by atoms with Crippen LogP contribution < -0.4 is 0 Å². The number of aryl methyl sites for hydroxylation is 2. The van der Waals surface area contributed by atoms with Crippen LogP contribution in [0.4, 0.5) is 0 Å². The molecule has 0 saturated heterocycles. The van der Waals surface area contributed by atoms with Gasteiger partial charge in [-0.15, -0.1) is 10.2 Å². The van der Waals surface area contributed by atoms with E-state index in [0.29, 0.717) is 16.9 Å². The van der Waals surface area contributed by atoms with Gasteiger partial charge in [-0.2, -0.15) is 5.10 Å². The molecule has 3 aromatic heterocycles. The van der Waals surface area contributed by atoms with Crippen molar-refractivity contribution in [2.75, 3.05) is 0 Å². The third-order valence-corrected chi connectivity index (χ3v) is 4.22. The second-order valence-corrected chi connectivity index (χ2v) is 6.64. The number of thioether (sulfide) groups is 1. The summed E-state index contributed by atoms with van der Waals surface area (Å²) < 4.78 is 7.42. The quantitative estimate of drug-likeness (QED) is 0.634. The van der Waals surface area contributed by atoms with Gasteiger partial charge in [-0.05, 0) is 19.1 Å². The van der Waals surface area contributed by atoms with Crippen LogP contribution in [0.5, 0.6) is 0 Å². The average molecular weight is 344 g/mol. The Labute approximate surface area is 144 Å². The van der Waals surface area contributed by atoms with Gasteiger partial charge in [0, 0.05) is 24.2 Å². The van der Waals surface area contributed by atoms with Crippen molar-refractivity contribution in [3.05, 3.63) is 41.6 Å². The summed E-state index contributed by atoms with van der Waals surface area (Å²) in [6, 6.07) is 3.93. The predicted molar refractivity (Wildman–Crippen MR) is 91.2 cm³/mol. The molecule has 24 heavy (non-hydrogen) atoms. The molecule has 0 saturated carbocycles. The van der Waals surface area contributed by atoms with Crippen molar-refractivity contribution < 1.29 is 4.42 Å². The Balaban J connectivity index is 1.88. The van der Waals surface area contributed by atoms with Gasteiger partial charge in [-0.25, -0.2) is 9.67 Å². The topological polar surface area (TPSA) is 82.5 Å². The highest BCUT2D eigenvalue weighted by Gasteiger charge is 2.16. The van der Waals surface area contributed by atoms with Crippen molar-refractivity contribution in [2.45, 2.75) is 51.0 Å². The highest BCUT2D eigenvalue weighted by Crippen LogP contribution is 2.23. The summed E-state index contributed by atoms with van der Waals surface area (Å²) in [5.74, 6) is 3.18. The minimum atomic E-state index is 0.257. The zero-order chi connectivity index (χ0) is 17.1. The van der Waals surface area contributed by atoms with Crippen LogP contribution in [0.15, 0.2) is 28.0 Å². The Kier molecular flexibility index (Phi) is 4.94. The minimum Gasteiger partial charge on any atom is -0.416 e. The van der Waals surface area contributed by atoms with Crippen molar-refractivity contribution in [2.24, 2.45) is 0 Å². The SMILES string of the molecule is CCc1nnc(SCc2nc(C(C)C)nn2-c2ccnc(C)c2)o1. The van der Waals surface area contributed by atoms with E-state index in [-0.39, 0.29) is 5.92 Å². The van der Waals surface area contributed by atoms with E-state index in [4.69, 9.17) is 4.42 Å². The molecular formula is C16H20N6OS. The van der Waals surface area contributed by atoms with E-state index in [1.54, 1.807) is 6.20 Å². The Bertz CT molecular complexity index is 826. The van der Waals surface area contributed by atoms with E-state index in [9.17, 15) is 0 Å². The van der Waals surface area contributed by atoms with Gasteiger partial charge in [-0.1, -0.05) is 32.5 Å². The number of pyridine rings is 1. The third kappa shape index (κ3) is 3.64. The fourth-order valence-electron chi connectivity index (χ4n) is 2.13. The maximum absolute atomic E-state index is 5.55. The minimum absolute atomic E-state index is 0.257. The second-order valence-electron chi connectivity index (χ2n) is 5.71. The smallest absolute Gasteiger partial charge is 0.277 e. The fraction of sp³-hybridized carbons (Fsp3) is 0.438. The van der Waals surface area contributed by atoms with Gasteiger partial charge in [0.2, 0.25) is 5.89 Å². The van der Waals surface area contributed by atoms with E-state index in [1.807, 2.05) is 30.7 Å². The number of aromatic nitrogens is 6. The Morgan fingerprint density at radius 2 is 2.12 bits per heavy atom. The van der Waals surface area contributed by atoms with Gasteiger partial charge in [0.1, 0.15) is 5.82 Å². The molecule has 0 aliphatic rings. The zero-order valence-electron chi connectivity index (χ0n) is 14.2. The zero-order valence-corrected chi connectivity index (χ0v) is 15.0. The first kappa shape index (κ1) is 16.6. The molecule has 0 fully saturated rings. The summed E-state index contributed by atoms with van der Waals surface area (Å²) in [6.45, 7) is 8.11. The van der Waals surface area contributed by atoms with Crippen molar-refractivity contribution >= 4 is 11.8 Å². The number of rotatable bonds is 6. The summed E-state index contributed by atoms with van der Waals surface area (Å²) in [7, 11) is 0. The lowest BCUT2D eigenvalue weighted by molar-refractivity contribution is 0.417. The molecule has 3 aromatic rings. The van der Waals surface area contributed by atoms with Crippen LogP contribution in [0.25, 0.3) is 5.69 Å². The summed E-state index contributed by atoms with van der Waals surface area (Å²) >= 11 is 1.47. The normalized spacial score (nSPS) is 11.4. The summed E-state index contributed by atoms with van der Waals surface area (Å²) in [4.78, 5) is 8.92. The molecule has 0 aromatic carbocycles. The molecule has 3 rings (SSSR count). The van der Waals surface area contributed by atoms with Crippen LogP contribution >= 0.6 is 11.8 Å². The van der Waals surface area contributed by atoms with Crippen LogP contribution in [0.2, 0.25) is 0 Å². The molecule has 0 spiro atoms. The van der Waals surface area contributed by atoms with Crippen LogP contribution in [0.3, 0.4) is 0 Å². The molecule has 8 heteroatoms. The third-order valence-electron chi connectivity index (χ3n) is 3.41. The largest absolute Gasteiger partial charge is 0.416 e. The fourth-order valence-corrected chi connectivity index (χ4v) is 2.83. The molecule has 0 atom stereocenters. The molecule has 3 heterocycles. The number of hydrogen-bond acceptors (Lipinski definition) is 7. The van der Waals surface area contributed by atoms with Gasteiger partial charge in [-0.3, -0.25) is 4.98 Å². The Hall–Kier alpha value is -2.22. The van der Waals surface area contributed by atoms with E-state index in [2.05, 4.69) is 39.1 Å². The highest BCUT2D eigenvalue weighted by atomic mass is 32.2. The lowest BCUT2D eigenvalue weighted by Gasteiger charge is -2.05. The lowest BCUT2D eigenvalue weighted by Crippen LogP contribution is -2.03. The average Bonchev–Trinajstić information content (AvgIpc) is 3.19. The first-order valence-corrected chi connectivity index (χ1v) is 8.89.